The molecule has 0 bridgehead atoms. The highest BCUT2D eigenvalue weighted by molar-refractivity contribution is 6.10. The molecule has 0 radical (unpaired) electrons. The number of piperidine rings is 1. The molecule has 0 unspecified atom stereocenters. The average molecular weight is 277 g/mol. The molecule has 21 heavy (non-hydrogen) atoms. The number of likely N-dealkylation sites (tertiary alicyclic amines) is 1. The summed E-state index contributed by atoms with van der Waals surface area (Å²) in [7, 11) is 0. The molecule has 1 saturated carbocycles. The Morgan fingerprint density at radius 1 is 1.10 bits per heavy atom. The zero-order chi connectivity index (χ0) is 14.4. The third-order valence-electron chi connectivity index (χ3n) is 5.38. The van der Waals surface area contributed by atoms with E-state index in [9.17, 15) is 4.79 Å². The van der Waals surface area contributed by atoms with Gasteiger partial charge in [0.05, 0.1) is 11.3 Å². The summed E-state index contributed by atoms with van der Waals surface area (Å²) in [5, 5.41) is 0. The van der Waals surface area contributed by atoms with Crippen LogP contribution < -0.4 is 0 Å². The maximum absolute atomic E-state index is 12.4. The monoisotopic (exact) mass is 277 g/mol. The van der Waals surface area contributed by atoms with E-state index >= 15 is 0 Å². The summed E-state index contributed by atoms with van der Waals surface area (Å²) in [6.07, 6.45) is 11.4. The van der Waals surface area contributed by atoms with Gasteiger partial charge >= 0.3 is 0 Å². The van der Waals surface area contributed by atoms with Crippen molar-refractivity contribution in [3.63, 3.8) is 0 Å². The average Bonchev–Trinajstić information content (AvgIpc) is 3.26. The van der Waals surface area contributed by atoms with Crippen LogP contribution in [0.15, 0.2) is 29.8 Å². The SMILES string of the molecule is C#CC1=C(N2CCC3(CC2)CC3)c2ccccc2CC1=O. The topological polar surface area (TPSA) is 20.3 Å². The number of terminal acetylenes is 1. The Hall–Kier alpha value is -2.01. The molecule has 1 aliphatic heterocycles. The van der Waals surface area contributed by atoms with E-state index in [4.69, 9.17) is 6.42 Å². The maximum Gasteiger partial charge on any atom is 0.177 e. The van der Waals surface area contributed by atoms with Crippen LogP contribution in [0.3, 0.4) is 0 Å². The van der Waals surface area contributed by atoms with Crippen LogP contribution in [0.25, 0.3) is 5.70 Å². The summed E-state index contributed by atoms with van der Waals surface area (Å²) in [6.45, 7) is 2.06. The predicted octanol–water partition coefficient (Wildman–Crippen LogP) is 3.03. The molecule has 3 aliphatic rings. The Balaban J connectivity index is 1.76. The van der Waals surface area contributed by atoms with Crippen molar-refractivity contribution in [2.45, 2.75) is 32.1 Å². The fourth-order valence-electron chi connectivity index (χ4n) is 3.79. The zero-order valence-corrected chi connectivity index (χ0v) is 12.2. The Labute approximate surface area is 125 Å². The first-order valence-corrected chi connectivity index (χ1v) is 7.80. The molecule has 0 amide bonds. The Morgan fingerprint density at radius 3 is 2.48 bits per heavy atom. The molecule has 2 fully saturated rings. The summed E-state index contributed by atoms with van der Waals surface area (Å²) in [6, 6.07) is 8.19. The van der Waals surface area contributed by atoms with Gasteiger partial charge in [-0.1, -0.05) is 30.2 Å². The molecule has 0 N–H and O–H groups in total. The minimum absolute atomic E-state index is 0.0953. The van der Waals surface area contributed by atoms with Crippen LogP contribution in [0.1, 0.15) is 36.8 Å². The summed E-state index contributed by atoms with van der Waals surface area (Å²) in [4.78, 5) is 14.7. The lowest BCUT2D eigenvalue weighted by atomic mass is 9.86. The number of ketones is 1. The van der Waals surface area contributed by atoms with Gasteiger partial charge in [-0.3, -0.25) is 4.79 Å². The number of nitrogens with zero attached hydrogens (tertiary/aromatic N) is 1. The van der Waals surface area contributed by atoms with Crippen molar-refractivity contribution in [3.8, 4) is 12.3 Å². The second kappa shape index (κ2) is 4.49. The van der Waals surface area contributed by atoms with Crippen LogP contribution in [-0.2, 0) is 11.2 Å². The fourth-order valence-corrected chi connectivity index (χ4v) is 3.79. The third-order valence-corrected chi connectivity index (χ3v) is 5.38. The second-order valence-corrected chi connectivity index (χ2v) is 6.61. The molecule has 4 rings (SSSR count). The summed E-state index contributed by atoms with van der Waals surface area (Å²) < 4.78 is 0. The van der Waals surface area contributed by atoms with Crippen molar-refractivity contribution in [1.29, 1.82) is 0 Å². The normalized spacial score (nSPS) is 23.0. The quantitative estimate of drug-likeness (QED) is 0.735. The first-order chi connectivity index (χ1) is 10.2. The summed E-state index contributed by atoms with van der Waals surface area (Å²) in [5.74, 6) is 2.76. The Bertz CT molecular complexity index is 678. The molecule has 1 spiro atoms. The first-order valence-electron chi connectivity index (χ1n) is 7.80. The van der Waals surface area contributed by atoms with Crippen LogP contribution in [0.2, 0.25) is 0 Å². The van der Waals surface area contributed by atoms with E-state index in [1.807, 2.05) is 18.2 Å². The highest BCUT2D eigenvalue weighted by Gasteiger charge is 2.45. The van der Waals surface area contributed by atoms with Crippen LogP contribution in [0, 0.1) is 17.8 Å². The lowest BCUT2D eigenvalue weighted by molar-refractivity contribution is -0.114. The number of Topliss-reactive ketones (excluding diaryl/α,β-unsaturated/α-hetero) is 1. The molecule has 2 heteroatoms. The Kier molecular flexibility index (Phi) is 2.72. The number of carbonyl (C=O) groups excluding carboxylic acids is 1. The smallest absolute Gasteiger partial charge is 0.177 e. The maximum atomic E-state index is 12.4. The summed E-state index contributed by atoms with van der Waals surface area (Å²) >= 11 is 0. The molecule has 2 nitrogen and oxygen atoms in total. The van der Waals surface area contributed by atoms with Crippen LogP contribution in [0.4, 0.5) is 0 Å². The molecule has 106 valence electrons. The van der Waals surface area contributed by atoms with Gasteiger partial charge < -0.3 is 4.90 Å². The second-order valence-electron chi connectivity index (χ2n) is 6.61. The van der Waals surface area contributed by atoms with E-state index in [0.717, 1.165) is 29.9 Å². The zero-order valence-electron chi connectivity index (χ0n) is 12.2. The van der Waals surface area contributed by atoms with Gasteiger partial charge in [-0.25, -0.2) is 0 Å². The van der Waals surface area contributed by atoms with Crippen LogP contribution in [-0.4, -0.2) is 23.8 Å². The van der Waals surface area contributed by atoms with E-state index in [-0.39, 0.29) is 5.78 Å². The van der Waals surface area contributed by atoms with Crippen LogP contribution in [0.5, 0.6) is 0 Å². The molecular weight excluding hydrogens is 258 g/mol. The van der Waals surface area contributed by atoms with Gasteiger partial charge in [-0.2, -0.15) is 0 Å². The lowest BCUT2D eigenvalue weighted by Crippen LogP contribution is -2.36. The van der Waals surface area contributed by atoms with E-state index in [0.29, 0.717) is 17.4 Å². The van der Waals surface area contributed by atoms with Crippen molar-refractivity contribution < 1.29 is 4.79 Å². The molecule has 1 heterocycles. The van der Waals surface area contributed by atoms with Gasteiger partial charge in [0.2, 0.25) is 0 Å². The molecular formula is C19H19NO. The number of hydrogen-bond acceptors (Lipinski definition) is 2. The van der Waals surface area contributed by atoms with Crippen molar-refractivity contribution in [2.24, 2.45) is 5.41 Å². The summed E-state index contributed by atoms with van der Waals surface area (Å²) in [5.41, 5.74) is 4.51. The fraction of sp³-hybridized carbons (Fsp3) is 0.421. The minimum Gasteiger partial charge on any atom is -0.370 e. The number of rotatable bonds is 1. The molecule has 1 aromatic carbocycles. The molecule has 0 aromatic heterocycles. The number of fused-ring (bicyclic) bond motifs is 1. The first kappa shape index (κ1) is 12.7. The highest BCUT2D eigenvalue weighted by Crippen LogP contribution is 2.54. The number of carbonyl (C=O) groups is 1. The van der Waals surface area contributed by atoms with Crippen molar-refractivity contribution in [3.05, 3.63) is 41.0 Å². The Morgan fingerprint density at radius 2 is 1.81 bits per heavy atom. The van der Waals surface area contributed by atoms with Crippen LogP contribution >= 0.6 is 0 Å². The standard InChI is InChI=1S/C19H19NO/c1-2-15-17(21)13-14-5-3-4-6-16(14)18(15)20-11-9-19(7-8-19)10-12-20/h1,3-6H,7-13H2. The van der Waals surface area contributed by atoms with Gasteiger partial charge in [0.1, 0.15) is 0 Å². The number of benzene rings is 1. The number of allylic oxidation sites excluding steroid dienone is 1. The van der Waals surface area contributed by atoms with E-state index in [2.05, 4.69) is 16.9 Å². The van der Waals surface area contributed by atoms with Crippen molar-refractivity contribution >= 4 is 11.5 Å². The van der Waals surface area contributed by atoms with Crippen molar-refractivity contribution in [1.82, 2.24) is 4.90 Å². The van der Waals surface area contributed by atoms with E-state index < -0.39 is 0 Å². The molecule has 1 saturated heterocycles. The minimum atomic E-state index is 0.0953. The molecule has 2 aliphatic carbocycles. The largest absolute Gasteiger partial charge is 0.370 e. The number of hydrogen-bond donors (Lipinski definition) is 0. The molecule has 1 aromatic rings. The van der Waals surface area contributed by atoms with Gasteiger partial charge in [-0.15, -0.1) is 6.42 Å². The van der Waals surface area contributed by atoms with E-state index in [1.54, 1.807) is 0 Å². The molecule has 0 atom stereocenters. The third kappa shape index (κ3) is 2.00. The van der Waals surface area contributed by atoms with E-state index in [1.165, 1.54) is 25.7 Å². The highest BCUT2D eigenvalue weighted by atomic mass is 16.1. The van der Waals surface area contributed by atoms with Gasteiger partial charge in [0.25, 0.3) is 0 Å². The van der Waals surface area contributed by atoms with Gasteiger partial charge in [0.15, 0.2) is 5.78 Å². The van der Waals surface area contributed by atoms with Crippen molar-refractivity contribution in [2.75, 3.05) is 13.1 Å². The van der Waals surface area contributed by atoms with Gasteiger partial charge in [-0.05, 0) is 36.7 Å². The van der Waals surface area contributed by atoms with Gasteiger partial charge in [0, 0.05) is 25.1 Å². The predicted molar refractivity (Wildman–Crippen MR) is 83.4 cm³/mol. The lowest BCUT2D eigenvalue weighted by Gasteiger charge is -2.37.